The molecule has 26 nitrogen and oxygen atoms in total. The number of piperidine rings is 5. The molecule has 5 fully saturated rings. The number of aromatic carboxylic acids is 2. The second kappa shape index (κ2) is 55.8. The number of para-hydroxylation sites is 6. The number of carbonyl (C=O) groups excluding carboxylic acids is 10. The van der Waals surface area contributed by atoms with Crippen molar-refractivity contribution in [3.63, 3.8) is 0 Å². The normalized spacial score (nSPS) is 13.5. The molecule has 0 aliphatic carbocycles. The van der Waals surface area contributed by atoms with Crippen molar-refractivity contribution in [2.45, 2.75) is 110 Å². The molecule has 612 valence electrons. The van der Waals surface area contributed by atoms with E-state index >= 15 is 0 Å². The van der Waals surface area contributed by atoms with Gasteiger partial charge in [0.05, 0.1) is 49.5 Å². The van der Waals surface area contributed by atoms with Gasteiger partial charge in [-0.1, -0.05) is 78.2 Å². The first-order chi connectivity index (χ1) is 55.1. The summed E-state index contributed by atoms with van der Waals surface area (Å²) in [5.74, 6) is 0.0231. The van der Waals surface area contributed by atoms with Crippen molar-refractivity contribution >= 4 is 76.7 Å². The predicted octanol–water partition coefficient (Wildman–Crippen LogP) is 11.2. The Bertz CT molecular complexity index is 4330. The average molecular weight is 1600 g/mol. The Kier molecular flexibility index (Phi) is 47.4. The van der Waals surface area contributed by atoms with Crippen molar-refractivity contribution in [2.24, 2.45) is 0 Å². The van der Waals surface area contributed by atoms with E-state index in [2.05, 4.69) is 10.6 Å². The first kappa shape index (κ1) is 98.6. The van der Waals surface area contributed by atoms with Crippen molar-refractivity contribution < 1.29 is 117 Å². The van der Waals surface area contributed by atoms with Gasteiger partial charge in [-0.25, -0.2) is 9.59 Å². The quantitative estimate of drug-likeness (QED) is 0.0529. The Morgan fingerprint density at radius 2 is 0.655 bits per heavy atom. The maximum atomic E-state index is 12.8. The molecular weight excluding hydrogens is 1490 g/mol. The third kappa shape index (κ3) is 34.2. The van der Waals surface area contributed by atoms with E-state index in [0.717, 1.165) is 121 Å². The van der Waals surface area contributed by atoms with Gasteiger partial charge in [-0.2, -0.15) is 19.2 Å². The predicted molar refractivity (Wildman–Crippen MR) is 437 cm³/mol. The number of carboxylic acids is 2. The maximum absolute atomic E-state index is 12.8. The number of hydrogen-bond donors (Lipinski definition) is 5. The second-order valence-electron chi connectivity index (χ2n) is 26.9. The van der Waals surface area contributed by atoms with E-state index in [9.17, 15) is 38.4 Å². The molecule has 0 spiro atoms. The summed E-state index contributed by atoms with van der Waals surface area (Å²) in [5.41, 5.74) is 14.0. The molecule has 5 heterocycles. The van der Waals surface area contributed by atoms with E-state index in [4.69, 9.17) is 49.3 Å². The van der Waals surface area contributed by atoms with Crippen molar-refractivity contribution in [3.05, 3.63) is 250 Å². The smallest absolute Gasteiger partial charge is 0.870 e. The molecule has 13 rings (SSSR count). The van der Waals surface area contributed by atoms with Crippen LogP contribution in [-0.4, -0.2) is 189 Å². The third-order valence-electron chi connectivity index (χ3n) is 18.8. The number of anilines is 3. The fourth-order valence-corrected chi connectivity index (χ4v) is 12.4. The van der Waals surface area contributed by atoms with Crippen LogP contribution in [0.15, 0.2) is 194 Å². The van der Waals surface area contributed by atoms with Gasteiger partial charge in [-0.05, 0) is 250 Å². The van der Waals surface area contributed by atoms with Crippen LogP contribution >= 0.6 is 0 Å². The number of carbonyl (C=O) groups is 8. The van der Waals surface area contributed by atoms with Gasteiger partial charge in [-0.3, -0.25) is 28.8 Å². The summed E-state index contributed by atoms with van der Waals surface area (Å²) in [6.45, 7) is 13.2. The maximum Gasteiger partial charge on any atom is 1.00 e. The molecule has 0 atom stereocenters. The second-order valence-corrected chi connectivity index (χ2v) is 26.9. The van der Waals surface area contributed by atoms with Gasteiger partial charge in [0.15, 0.2) is 0 Å². The summed E-state index contributed by atoms with van der Waals surface area (Å²) in [6.07, 6.45) is 18.2. The van der Waals surface area contributed by atoms with Crippen molar-refractivity contribution in [2.75, 3.05) is 110 Å². The molecule has 6 amide bonds. The number of hydrogen-bond acceptors (Lipinski definition) is 18. The number of amides is 6. The molecule has 0 radical (unpaired) electrons. The molecule has 7 N–H and O–H groups in total. The Balaban J connectivity index is 0.000000359. The molecule has 5 aliphatic heterocycles. The summed E-state index contributed by atoms with van der Waals surface area (Å²) in [4.78, 5) is 137. The Morgan fingerprint density at radius 1 is 0.379 bits per heavy atom. The number of likely N-dealkylation sites (tertiary alicyclic amines) is 4. The van der Waals surface area contributed by atoms with Gasteiger partial charge in [0.1, 0.15) is 17.2 Å². The largest absolute Gasteiger partial charge is 1.00 e. The zero-order valence-corrected chi connectivity index (χ0v) is 69.4. The molecule has 0 unspecified atom stereocenters. The van der Waals surface area contributed by atoms with E-state index in [1.165, 1.54) is 75.7 Å². The number of aryl methyl sites for hydroxylation is 2. The van der Waals surface area contributed by atoms with Crippen molar-refractivity contribution in [1.82, 2.24) is 24.9 Å². The van der Waals surface area contributed by atoms with Crippen molar-refractivity contribution in [3.8, 4) is 17.2 Å². The molecule has 5 saturated heterocycles. The number of methoxy groups -OCH3 is 3. The summed E-state index contributed by atoms with van der Waals surface area (Å²) in [7, 11) is 6.46. The number of nitrogens with one attached hydrogen (secondary N) is 2. The van der Waals surface area contributed by atoms with Crippen LogP contribution in [0.2, 0.25) is 0 Å². The SMILES string of the molecule is C1CCNCC1.COc1ccccc1N.COc1ccccc1N(C)C(=O)c1ccc(C(=O)N2CCCCC2)cc1.COc1ccccc1NC(=O)c1ccc(C(=O)N2CCCCC2)cc1.Cc1ccc(C(=O)N2CCCCC2)cc1.Cc1ccc(C(=O)O)cc1.O=C(O)c1ccc(C(=O)N2CCCCC2)cc1.O=C=O.O=C=O.[Na+].[OH-]. The number of ether oxygens (including phenoxy) is 3. The fraction of sp³-hybridized carbons (Fsp3) is 0.348. The summed E-state index contributed by atoms with van der Waals surface area (Å²) in [5, 5.41) is 23.4. The minimum Gasteiger partial charge on any atom is -0.870 e. The summed E-state index contributed by atoms with van der Waals surface area (Å²) in [6, 6.07) is 56.4. The van der Waals surface area contributed by atoms with Crippen LogP contribution in [0.3, 0.4) is 0 Å². The molecule has 0 aromatic heterocycles. The molecule has 27 heteroatoms. The average Bonchev–Trinajstić information content (AvgIpc) is 0.827. The van der Waals surface area contributed by atoms with Gasteiger partial charge >= 0.3 is 53.8 Å². The topological polar surface area (TPSA) is 369 Å². The molecule has 8 aromatic carbocycles. The monoisotopic (exact) mass is 1600 g/mol. The Morgan fingerprint density at radius 3 is 0.966 bits per heavy atom. The van der Waals surface area contributed by atoms with Crippen LogP contribution in [-0.2, 0) is 19.2 Å². The van der Waals surface area contributed by atoms with Gasteiger partial charge in [0.2, 0.25) is 0 Å². The van der Waals surface area contributed by atoms with E-state index in [0.29, 0.717) is 61.9 Å². The summed E-state index contributed by atoms with van der Waals surface area (Å²) < 4.78 is 15.5. The van der Waals surface area contributed by atoms with Crippen LogP contribution in [0, 0.1) is 13.8 Å². The van der Waals surface area contributed by atoms with Crippen molar-refractivity contribution in [1.29, 1.82) is 0 Å². The van der Waals surface area contributed by atoms with Crippen LogP contribution < -0.4 is 65.0 Å². The zero-order valence-electron chi connectivity index (χ0n) is 67.4. The molecule has 0 bridgehead atoms. The molecule has 0 saturated carbocycles. The van der Waals surface area contributed by atoms with Crippen LogP contribution in [0.1, 0.15) is 190 Å². The number of nitrogen functional groups attached to an aromatic ring is 1. The Labute approximate surface area is 701 Å². The molecule has 116 heavy (non-hydrogen) atoms. The van der Waals surface area contributed by atoms with E-state index in [1.807, 2.05) is 112 Å². The van der Waals surface area contributed by atoms with Gasteiger partial charge in [0.25, 0.3) is 35.4 Å². The number of carboxylic acid groups (broad SMARTS) is 2. The number of nitrogens with two attached hydrogens (primary N) is 1. The third-order valence-corrected chi connectivity index (χ3v) is 18.8. The minimum absolute atomic E-state index is 0. The summed E-state index contributed by atoms with van der Waals surface area (Å²) >= 11 is 0. The number of nitrogens with zero attached hydrogens (tertiary/aromatic N) is 5. The van der Waals surface area contributed by atoms with Gasteiger partial charge < -0.3 is 70.8 Å². The zero-order chi connectivity index (χ0) is 83.0. The molecular formula is C89H107N8NaO18. The minimum atomic E-state index is -0.970. The first-order valence-corrected chi connectivity index (χ1v) is 38.1. The number of rotatable bonds is 13. The molecule has 5 aliphatic rings. The standard InChI is InChI=1S/C21H24N2O3.C20H22N2O3.C13H15NO3.C13H17NO.C8H8O2.C7H9NO.C5H11N.2CO2.Na.H2O/c1-22(18-8-4-5-9-19(18)26-2)20(24)16-10-12-17(13-11-16)21(25)23-14-6-3-7-15-23;1-25-18-8-4-3-7-17(18)21-19(23)15-9-11-16(12-10-15)20(24)22-13-5-2-6-14-22;15-12(14-8-2-1-3-9-14)10-4-6-11(7-5-10)13(16)17;1-11-5-7-12(8-6-11)13(15)14-9-3-2-4-10-14;1-6-2-4-7(5-3-6)8(9)10;1-9-7-5-3-2-4-6(7)8;1-2-4-6-5-3-1;2*2-1-3;;/h4-5,8-13H,3,6-7,14-15H2,1-2H3;3-4,7-12H,2,5-6,13-14H2,1H3,(H,21,23);4-7H,1-3,8-9H2,(H,16,17);5-8H,2-4,9-10H2,1H3;2-5H,1H3,(H,9,10);2-5H,8H2,1H3;6H,1-5H2;;;;1H2/q;;;;;;;;;+1;/p-1. The Hall–Kier alpha value is -11.6. The fourth-order valence-electron chi connectivity index (χ4n) is 12.4. The first-order valence-electron chi connectivity index (χ1n) is 38.1. The number of benzene rings is 8. The van der Waals surface area contributed by atoms with E-state index < -0.39 is 11.9 Å². The van der Waals surface area contributed by atoms with E-state index in [-0.39, 0.29) is 88.3 Å². The van der Waals surface area contributed by atoms with Gasteiger partial charge in [0, 0.05) is 92.8 Å². The van der Waals surface area contributed by atoms with Crippen LogP contribution in [0.5, 0.6) is 17.2 Å². The van der Waals surface area contributed by atoms with Gasteiger partial charge in [-0.15, -0.1) is 0 Å². The van der Waals surface area contributed by atoms with Crippen LogP contribution in [0.25, 0.3) is 0 Å². The molecule has 8 aromatic rings. The van der Waals surface area contributed by atoms with E-state index in [1.54, 1.807) is 136 Å². The van der Waals surface area contributed by atoms with Crippen LogP contribution in [0.4, 0.5) is 17.1 Å².